The van der Waals surface area contributed by atoms with Gasteiger partial charge in [-0.15, -0.1) is 0 Å². The molecule has 2 atom stereocenters. The lowest BCUT2D eigenvalue weighted by Crippen LogP contribution is -2.46. The molecule has 1 aromatic heterocycles. The largest absolute Gasteiger partial charge is 0.464 e. The number of rotatable bonds is 6. The molecule has 2 unspecified atom stereocenters. The molecule has 20 heavy (non-hydrogen) atoms. The Hall–Kier alpha value is -0.840. The molecule has 1 saturated heterocycles. The Bertz CT molecular complexity index is 423. The van der Waals surface area contributed by atoms with Gasteiger partial charge in [0.15, 0.2) is 0 Å². The van der Waals surface area contributed by atoms with Crippen molar-refractivity contribution in [2.75, 3.05) is 46.3 Å². The molecule has 3 rings (SSSR count). The Kier molecular flexibility index (Phi) is 4.44. The monoisotopic (exact) mass is 277 g/mol. The van der Waals surface area contributed by atoms with Crippen molar-refractivity contribution in [1.29, 1.82) is 0 Å². The van der Waals surface area contributed by atoms with E-state index in [1.807, 2.05) is 0 Å². The molecule has 0 aromatic carbocycles. The number of furan rings is 1. The van der Waals surface area contributed by atoms with Crippen molar-refractivity contribution in [3.8, 4) is 0 Å². The second-order valence-corrected chi connectivity index (χ2v) is 6.45. The van der Waals surface area contributed by atoms with Gasteiger partial charge in [0, 0.05) is 45.2 Å². The quantitative estimate of drug-likeness (QED) is 0.803. The van der Waals surface area contributed by atoms with Gasteiger partial charge in [0.25, 0.3) is 0 Å². The van der Waals surface area contributed by atoms with E-state index in [0.717, 1.165) is 31.3 Å². The van der Waals surface area contributed by atoms with Crippen LogP contribution in [0.2, 0.25) is 0 Å². The summed E-state index contributed by atoms with van der Waals surface area (Å²) in [7, 11) is 2.20. The van der Waals surface area contributed by atoms with Crippen LogP contribution in [0.4, 0.5) is 0 Å². The summed E-state index contributed by atoms with van der Waals surface area (Å²) in [5.74, 6) is 3.78. The Labute approximate surface area is 122 Å². The summed E-state index contributed by atoms with van der Waals surface area (Å²) >= 11 is 0. The summed E-state index contributed by atoms with van der Waals surface area (Å²) in [6.45, 7) is 10.1. The number of piperazine rings is 1. The van der Waals surface area contributed by atoms with Gasteiger partial charge in [0.1, 0.15) is 11.5 Å². The van der Waals surface area contributed by atoms with Crippen molar-refractivity contribution in [3.05, 3.63) is 23.7 Å². The molecule has 0 spiro atoms. The van der Waals surface area contributed by atoms with E-state index in [0.29, 0.717) is 5.92 Å². The lowest BCUT2D eigenvalue weighted by Gasteiger charge is -2.32. The summed E-state index contributed by atoms with van der Waals surface area (Å²) in [6.07, 6.45) is 1.30. The van der Waals surface area contributed by atoms with E-state index in [4.69, 9.17) is 4.42 Å². The van der Waals surface area contributed by atoms with E-state index in [9.17, 15) is 0 Å². The topological polar surface area (TPSA) is 31.6 Å². The Balaban J connectivity index is 1.32. The van der Waals surface area contributed by atoms with Crippen LogP contribution in [-0.4, -0.2) is 56.1 Å². The van der Waals surface area contributed by atoms with Crippen LogP contribution in [0, 0.1) is 5.92 Å². The summed E-state index contributed by atoms with van der Waals surface area (Å²) in [5.41, 5.74) is 0. The first-order chi connectivity index (χ1) is 9.72. The number of nitrogens with one attached hydrogen (secondary N) is 1. The molecule has 112 valence electrons. The van der Waals surface area contributed by atoms with Gasteiger partial charge in [0.05, 0.1) is 6.54 Å². The number of nitrogens with zero attached hydrogens (tertiary/aromatic N) is 2. The van der Waals surface area contributed by atoms with E-state index < -0.39 is 0 Å². The maximum atomic E-state index is 5.90. The SMILES string of the molecule is CC1CC1c1ccc(CNCCN2CCN(C)CC2)o1. The fourth-order valence-electron chi connectivity index (χ4n) is 2.93. The highest BCUT2D eigenvalue weighted by Crippen LogP contribution is 2.47. The Morgan fingerprint density at radius 2 is 2.00 bits per heavy atom. The fraction of sp³-hybridized carbons (Fsp3) is 0.750. The lowest BCUT2D eigenvalue weighted by atomic mass is 10.3. The van der Waals surface area contributed by atoms with Crippen molar-refractivity contribution in [2.45, 2.75) is 25.8 Å². The zero-order valence-corrected chi connectivity index (χ0v) is 12.8. The Morgan fingerprint density at radius 3 is 2.70 bits per heavy atom. The first-order valence-electron chi connectivity index (χ1n) is 7.92. The van der Waals surface area contributed by atoms with Crippen molar-refractivity contribution < 1.29 is 4.42 Å². The predicted octanol–water partition coefficient (Wildman–Crippen LogP) is 1.74. The highest BCUT2D eigenvalue weighted by atomic mass is 16.3. The summed E-state index contributed by atoms with van der Waals surface area (Å²) < 4.78 is 5.90. The van der Waals surface area contributed by atoms with Crippen LogP contribution in [0.3, 0.4) is 0 Å². The smallest absolute Gasteiger partial charge is 0.117 e. The van der Waals surface area contributed by atoms with Crippen LogP contribution in [0.5, 0.6) is 0 Å². The number of hydrogen-bond acceptors (Lipinski definition) is 4. The molecule has 0 radical (unpaired) electrons. The van der Waals surface area contributed by atoms with Crippen LogP contribution in [0.25, 0.3) is 0 Å². The van der Waals surface area contributed by atoms with E-state index >= 15 is 0 Å². The minimum Gasteiger partial charge on any atom is -0.464 e. The van der Waals surface area contributed by atoms with Gasteiger partial charge in [-0.05, 0) is 31.5 Å². The van der Waals surface area contributed by atoms with E-state index in [2.05, 4.69) is 41.2 Å². The number of likely N-dealkylation sites (N-methyl/N-ethyl adjacent to an activating group) is 1. The first kappa shape index (κ1) is 14.1. The third kappa shape index (κ3) is 3.62. The minimum absolute atomic E-state index is 0.689. The molecule has 0 bridgehead atoms. The molecule has 4 heteroatoms. The molecule has 1 N–H and O–H groups in total. The van der Waals surface area contributed by atoms with Crippen LogP contribution in [0.15, 0.2) is 16.5 Å². The lowest BCUT2D eigenvalue weighted by molar-refractivity contribution is 0.154. The molecule has 1 saturated carbocycles. The van der Waals surface area contributed by atoms with Crippen LogP contribution < -0.4 is 5.32 Å². The highest BCUT2D eigenvalue weighted by Gasteiger charge is 2.36. The van der Waals surface area contributed by atoms with Gasteiger partial charge >= 0.3 is 0 Å². The summed E-state index contributed by atoms with van der Waals surface area (Å²) in [5, 5.41) is 3.50. The van der Waals surface area contributed by atoms with Gasteiger partial charge in [0.2, 0.25) is 0 Å². The van der Waals surface area contributed by atoms with E-state index in [-0.39, 0.29) is 0 Å². The van der Waals surface area contributed by atoms with Gasteiger partial charge < -0.3 is 14.6 Å². The molecule has 2 heterocycles. The average molecular weight is 277 g/mol. The fourth-order valence-corrected chi connectivity index (χ4v) is 2.93. The van der Waals surface area contributed by atoms with Crippen molar-refractivity contribution in [2.24, 2.45) is 5.92 Å². The van der Waals surface area contributed by atoms with Gasteiger partial charge in [-0.3, -0.25) is 4.90 Å². The summed E-state index contributed by atoms with van der Waals surface area (Å²) in [4.78, 5) is 4.93. The van der Waals surface area contributed by atoms with E-state index in [1.165, 1.54) is 38.4 Å². The van der Waals surface area contributed by atoms with Crippen molar-refractivity contribution in [1.82, 2.24) is 15.1 Å². The normalized spacial score (nSPS) is 27.9. The molecular formula is C16H27N3O. The molecule has 2 aliphatic rings. The second kappa shape index (κ2) is 6.29. The molecule has 4 nitrogen and oxygen atoms in total. The second-order valence-electron chi connectivity index (χ2n) is 6.45. The number of hydrogen-bond donors (Lipinski definition) is 1. The van der Waals surface area contributed by atoms with Crippen molar-refractivity contribution >= 4 is 0 Å². The first-order valence-corrected chi connectivity index (χ1v) is 7.92. The zero-order valence-electron chi connectivity index (χ0n) is 12.8. The standard InChI is InChI=1S/C16H27N3O/c1-13-11-15(13)16-4-3-14(20-16)12-17-5-6-19-9-7-18(2)8-10-19/h3-4,13,15,17H,5-12H2,1-2H3. The van der Waals surface area contributed by atoms with Crippen LogP contribution >= 0.6 is 0 Å². The van der Waals surface area contributed by atoms with Gasteiger partial charge in [-0.1, -0.05) is 6.92 Å². The third-order valence-electron chi connectivity index (χ3n) is 4.66. The van der Waals surface area contributed by atoms with E-state index in [1.54, 1.807) is 0 Å². The molecular weight excluding hydrogens is 250 g/mol. The molecule has 2 fully saturated rings. The minimum atomic E-state index is 0.689. The maximum absolute atomic E-state index is 5.90. The van der Waals surface area contributed by atoms with Crippen LogP contribution in [-0.2, 0) is 6.54 Å². The third-order valence-corrected chi connectivity index (χ3v) is 4.66. The zero-order chi connectivity index (χ0) is 13.9. The molecule has 1 aliphatic heterocycles. The molecule has 1 aliphatic carbocycles. The predicted molar refractivity (Wildman–Crippen MR) is 80.9 cm³/mol. The Morgan fingerprint density at radius 1 is 1.25 bits per heavy atom. The maximum Gasteiger partial charge on any atom is 0.117 e. The van der Waals surface area contributed by atoms with Gasteiger partial charge in [-0.25, -0.2) is 0 Å². The van der Waals surface area contributed by atoms with Crippen LogP contribution in [0.1, 0.15) is 30.8 Å². The van der Waals surface area contributed by atoms with Gasteiger partial charge in [-0.2, -0.15) is 0 Å². The molecule has 0 amide bonds. The highest BCUT2D eigenvalue weighted by molar-refractivity contribution is 5.17. The van der Waals surface area contributed by atoms with Crippen molar-refractivity contribution in [3.63, 3.8) is 0 Å². The summed E-state index contributed by atoms with van der Waals surface area (Å²) in [6, 6.07) is 4.29. The molecule has 1 aromatic rings. The average Bonchev–Trinajstić information content (AvgIpc) is 3.00.